The molecular formula is C15H31O5PS. The van der Waals surface area contributed by atoms with E-state index < -0.39 is 26.9 Å². The van der Waals surface area contributed by atoms with E-state index in [2.05, 4.69) is 43.5 Å². The fourth-order valence-electron chi connectivity index (χ4n) is 2.28. The van der Waals surface area contributed by atoms with Crippen molar-refractivity contribution in [2.75, 3.05) is 0 Å². The van der Waals surface area contributed by atoms with Crippen molar-refractivity contribution < 1.29 is 22.9 Å². The van der Waals surface area contributed by atoms with Crippen molar-refractivity contribution in [1.82, 2.24) is 0 Å². The zero-order valence-electron chi connectivity index (χ0n) is 14.3. The van der Waals surface area contributed by atoms with Crippen LogP contribution in [0.25, 0.3) is 0 Å². The van der Waals surface area contributed by atoms with E-state index in [1.54, 1.807) is 0 Å². The number of rotatable bonds is 8. The van der Waals surface area contributed by atoms with Crippen LogP contribution in [-0.2, 0) is 14.9 Å². The van der Waals surface area contributed by atoms with Crippen LogP contribution in [0.2, 0.25) is 0 Å². The van der Waals surface area contributed by atoms with Crippen molar-refractivity contribution >= 4 is 25.3 Å². The number of hydrogen-bond acceptors (Lipinski definition) is 3. The highest BCUT2D eigenvalue weighted by molar-refractivity contribution is 7.86. The average Bonchev–Trinajstić information content (AvgIpc) is 2.46. The van der Waals surface area contributed by atoms with Gasteiger partial charge in [0.15, 0.2) is 0 Å². The molecule has 0 bridgehead atoms. The molecule has 132 valence electrons. The molecule has 2 atom stereocenters. The maximum atomic E-state index is 10.3. The zero-order valence-corrected chi connectivity index (χ0v) is 16.3. The Morgan fingerprint density at radius 2 is 1.55 bits per heavy atom. The summed E-state index contributed by atoms with van der Waals surface area (Å²) in [6.07, 6.45) is 5.23. The second-order valence-corrected chi connectivity index (χ2v) is 8.33. The van der Waals surface area contributed by atoms with E-state index in [-0.39, 0.29) is 0 Å². The quantitative estimate of drug-likeness (QED) is 0.393. The summed E-state index contributed by atoms with van der Waals surface area (Å²) in [5, 5.41) is 7.30. The fourth-order valence-corrected chi connectivity index (χ4v) is 3.21. The molecule has 22 heavy (non-hydrogen) atoms. The number of aliphatic carboxylic acids is 1. The molecule has 2 unspecified atom stereocenters. The summed E-state index contributed by atoms with van der Waals surface area (Å²) in [6.45, 7) is 13.2. The summed E-state index contributed by atoms with van der Waals surface area (Å²) in [5.41, 5.74) is -0.549. The lowest BCUT2D eigenvalue weighted by molar-refractivity contribution is -0.132. The van der Waals surface area contributed by atoms with Gasteiger partial charge in [0.05, 0.1) is 5.57 Å². The molecule has 7 heteroatoms. The van der Waals surface area contributed by atoms with E-state index in [9.17, 15) is 13.2 Å². The van der Waals surface area contributed by atoms with Gasteiger partial charge in [-0.15, -0.1) is 9.24 Å². The molecule has 0 saturated carbocycles. The van der Waals surface area contributed by atoms with Crippen LogP contribution in [0.1, 0.15) is 60.3 Å². The van der Waals surface area contributed by atoms with E-state index in [1.807, 2.05) is 0 Å². The van der Waals surface area contributed by atoms with E-state index in [0.29, 0.717) is 5.16 Å². The third kappa shape index (κ3) is 7.70. The molecule has 0 rings (SSSR count). The van der Waals surface area contributed by atoms with Gasteiger partial charge < -0.3 is 5.11 Å². The van der Waals surface area contributed by atoms with Crippen molar-refractivity contribution in [2.45, 2.75) is 70.7 Å². The molecule has 0 heterocycles. The molecule has 0 aliphatic heterocycles. The summed E-state index contributed by atoms with van der Waals surface area (Å²) in [6, 6.07) is 0. The number of hydrogen-bond donors (Lipinski definition) is 2. The van der Waals surface area contributed by atoms with Gasteiger partial charge in [0.1, 0.15) is 5.25 Å². The van der Waals surface area contributed by atoms with Crippen LogP contribution < -0.4 is 0 Å². The average molecular weight is 354 g/mol. The maximum absolute atomic E-state index is 10.3. The largest absolute Gasteiger partial charge is 0.478 e. The first-order valence-electron chi connectivity index (χ1n) is 7.58. The third-order valence-corrected chi connectivity index (χ3v) is 6.79. The molecule has 0 aromatic carbocycles. The van der Waals surface area contributed by atoms with Gasteiger partial charge in [-0.1, -0.05) is 47.1 Å². The predicted octanol–water partition coefficient (Wildman–Crippen LogP) is 3.76. The summed E-state index contributed by atoms with van der Waals surface area (Å²) in [4.78, 5) is 10.1. The Labute approximate surface area is 137 Å². The second kappa shape index (κ2) is 10.3. The molecule has 0 aliphatic carbocycles. The lowest BCUT2D eigenvalue weighted by atomic mass is 9.83. The first-order chi connectivity index (χ1) is 9.91. The van der Waals surface area contributed by atoms with Crippen LogP contribution in [0.15, 0.2) is 12.2 Å². The number of carboxylic acid groups (broad SMARTS) is 1. The van der Waals surface area contributed by atoms with Gasteiger partial charge in [-0.3, -0.25) is 4.55 Å². The minimum atomic E-state index is -4.33. The van der Waals surface area contributed by atoms with Crippen LogP contribution in [-0.4, -0.2) is 34.5 Å². The van der Waals surface area contributed by atoms with Gasteiger partial charge in [0.25, 0.3) is 10.1 Å². The topological polar surface area (TPSA) is 91.7 Å². The molecule has 0 aliphatic rings. The Hall–Kier alpha value is -0.450. The van der Waals surface area contributed by atoms with Crippen molar-refractivity contribution in [1.29, 1.82) is 0 Å². The van der Waals surface area contributed by atoms with Gasteiger partial charge in [0, 0.05) is 0 Å². The van der Waals surface area contributed by atoms with E-state index in [4.69, 9.17) is 9.66 Å². The van der Waals surface area contributed by atoms with Crippen molar-refractivity contribution in [2.24, 2.45) is 5.92 Å². The van der Waals surface area contributed by atoms with Crippen LogP contribution in [0.3, 0.4) is 0 Å². The summed E-state index contributed by atoms with van der Waals surface area (Å²) < 4.78 is 29.0. The van der Waals surface area contributed by atoms with Gasteiger partial charge in [-0.05, 0) is 30.8 Å². The normalized spacial score (nSPS) is 13.3. The van der Waals surface area contributed by atoms with Crippen molar-refractivity contribution in [3.8, 4) is 0 Å². The molecule has 0 fully saturated rings. The Morgan fingerprint density at radius 3 is 1.64 bits per heavy atom. The zero-order chi connectivity index (χ0) is 18.1. The first-order valence-corrected chi connectivity index (χ1v) is 9.66. The van der Waals surface area contributed by atoms with Gasteiger partial charge in [-0.2, -0.15) is 8.42 Å². The second-order valence-electron chi connectivity index (χ2n) is 5.44. The third-order valence-electron chi connectivity index (χ3n) is 4.33. The Bertz CT molecular complexity index is 451. The van der Waals surface area contributed by atoms with Crippen LogP contribution in [0.4, 0.5) is 0 Å². The lowest BCUT2D eigenvalue weighted by Crippen LogP contribution is -2.28. The molecule has 0 spiro atoms. The molecule has 0 aromatic heterocycles. The van der Waals surface area contributed by atoms with E-state index >= 15 is 0 Å². The molecule has 0 aromatic rings. The standard InChI is InChI=1S/C10H23P.C5H8O5S/c1-5-9(6-2)10(11,7-3)8-4;1-3(5(6)7)4(2)11(8,9)10/h9H,5-8,11H2,1-4H3;4H,1H2,2H3,(H,6,7)(H,8,9,10). The van der Waals surface area contributed by atoms with Crippen molar-refractivity contribution in [3.05, 3.63) is 12.2 Å². The van der Waals surface area contributed by atoms with E-state index in [0.717, 1.165) is 12.8 Å². The van der Waals surface area contributed by atoms with Gasteiger partial charge >= 0.3 is 5.97 Å². The highest BCUT2D eigenvalue weighted by atomic mass is 32.2. The van der Waals surface area contributed by atoms with E-state index in [1.165, 1.54) is 25.7 Å². The van der Waals surface area contributed by atoms with Crippen LogP contribution in [0.5, 0.6) is 0 Å². The highest BCUT2D eigenvalue weighted by Gasteiger charge is 2.28. The summed E-state index contributed by atoms with van der Waals surface area (Å²) >= 11 is 0. The number of carbonyl (C=O) groups is 1. The molecule has 5 nitrogen and oxygen atoms in total. The predicted molar refractivity (Wildman–Crippen MR) is 94.9 cm³/mol. The van der Waals surface area contributed by atoms with Gasteiger partial charge in [-0.25, -0.2) is 4.79 Å². The Kier molecular flexibility index (Phi) is 11.2. The highest BCUT2D eigenvalue weighted by Crippen LogP contribution is 2.38. The summed E-state index contributed by atoms with van der Waals surface area (Å²) in [5.74, 6) is -0.544. The first kappa shape index (κ1) is 23.8. The maximum Gasteiger partial charge on any atom is 0.332 e. The fraction of sp³-hybridized carbons (Fsp3) is 0.800. The minimum Gasteiger partial charge on any atom is -0.478 e. The van der Waals surface area contributed by atoms with Gasteiger partial charge in [0.2, 0.25) is 0 Å². The Morgan fingerprint density at radius 1 is 1.18 bits per heavy atom. The lowest BCUT2D eigenvalue weighted by Gasteiger charge is -2.35. The van der Waals surface area contributed by atoms with Crippen LogP contribution >= 0.6 is 9.24 Å². The van der Waals surface area contributed by atoms with Crippen molar-refractivity contribution in [3.63, 3.8) is 0 Å². The summed E-state index contributed by atoms with van der Waals surface area (Å²) in [7, 11) is -1.25. The molecule has 0 amide bonds. The molecule has 0 saturated heterocycles. The molecule has 2 N–H and O–H groups in total. The monoisotopic (exact) mass is 354 g/mol. The van der Waals surface area contributed by atoms with Crippen LogP contribution in [0, 0.1) is 5.92 Å². The number of carboxylic acids is 1. The molecular weight excluding hydrogens is 323 g/mol. The smallest absolute Gasteiger partial charge is 0.332 e. The Balaban J connectivity index is 0. The molecule has 0 radical (unpaired) electrons. The SMILES string of the molecule is C=C(C(=O)O)C(C)S(=O)(=O)O.CCC(CC)C(P)(CC)CC. The minimum absolute atomic E-state index is 0.517.